The molecule has 2 aromatic rings. The molecule has 0 unspecified atom stereocenters. The van der Waals surface area contributed by atoms with E-state index in [0.717, 1.165) is 6.92 Å². The van der Waals surface area contributed by atoms with Crippen LogP contribution in [0.4, 0.5) is 44.3 Å². The van der Waals surface area contributed by atoms with Gasteiger partial charge in [-0.1, -0.05) is 6.92 Å². The van der Waals surface area contributed by atoms with Crippen molar-refractivity contribution in [3.8, 4) is 11.5 Å². The van der Waals surface area contributed by atoms with Gasteiger partial charge in [0.2, 0.25) is 46.4 Å². The summed E-state index contributed by atoms with van der Waals surface area (Å²) >= 11 is 0. The van der Waals surface area contributed by atoms with Crippen molar-refractivity contribution in [3.05, 3.63) is 57.9 Å². The van der Waals surface area contributed by atoms with E-state index in [1.807, 2.05) is 0 Å². The first-order chi connectivity index (χ1) is 12.5. The molecular weight excluding hydrogens is 399 g/mol. The van der Waals surface area contributed by atoms with Crippen molar-refractivity contribution in [1.82, 2.24) is 0 Å². The van der Waals surface area contributed by atoms with E-state index >= 15 is 0 Å². The Morgan fingerprint density at radius 1 is 0.593 bits per heavy atom. The average molecular weight is 404 g/mol. The highest BCUT2D eigenvalue weighted by Gasteiger charge is 2.31. The molecular formula is C15H5F9O3. The monoisotopic (exact) mass is 404 g/mol. The van der Waals surface area contributed by atoms with E-state index in [1.54, 1.807) is 0 Å². The Hall–Kier alpha value is -2.92. The third-order valence-corrected chi connectivity index (χ3v) is 3.21. The van der Waals surface area contributed by atoms with Gasteiger partial charge in [-0.15, -0.1) is 0 Å². The van der Waals surface area contributed by atoms with E-state index in [2.05, 4.69) is 9.47 Å². The number of benzene rings is 2. The van der Waals surface area contributed by atoms with Gasteiger partial charge in [-0.2, -0.15) is 13.2 Å². The standard InChI is InChI=1S/C15H5F9O3/c1-2-3-4(16)6(18)10(22)13(5(3)17)26-15(25)27-14-11(23)8(20)7(19)9(21)12(14)24/h2H2,1H3. The molecule has 0 aliphatic carbocycles. The van der Waals surface area contributed by atoms with Crippen LogP contribution in [0.25, 0.3) is 0 Å². The van der Waals surface area contributed by atoms with Crippen molar-refractivity contribution in [2.75, 3.05) is 0 Å². The van der Waals surface area contributed by atoms with Crippen LogP contribution in [0.2, 0.25) is 0 Å². The van der Waals surface area contributed by atoms with Gasteiger partial charge in [-0.3, -0.25) is 0 Å². The lowest BCUT2D eigenvalue weighted by Gasteiger charge is -2.12. The second-order valence-electron chi connectivity index (χ2n) is 4.77. The number of halogens is 9. The van der Waals surface area contributed by atoms with Crippen LogP contribution in [0, 0.1) is 52.4 Å². The largest absolute Gasteiger partial charge is 0.519 e. The van der Waals surface area contributed by atoms with Gasteiger partial charge in [-0.25, -0.2) is 31.1 Å². The summed E-state index contributed by atoms with van der Waals surface area (Å²) in [6.45, 7) is 1.13. The Kier molecular flexibility index (Phi) is 5.56. The van der Waals surface area contributed by atoms with E-state index in [0.29, 0.717) is 0 Å². The molecule has 0 amide bonds. The molecule has 3 nitrogen and oxygen atoms in total. The smallest absolute Gasteiger partial charge is 0.388 e. The molecule has 12 heteroatoms. The first-order valence-corrected chi connectivity index (χ1v) is 6.78. The maximum absolute atomic E-state index is 13.9. The van der Waals surface area contributed by atoms with Gasteiger partial charge in [0.25, 0.3) is 0 Å². The van der Waals surface area contributed by atoms with E-state index in [9.17, 15) is 44.3 Å². The summed E-state index contributed by atoms with van der Waals surface area (Å²) < 4.78 is 128. The highest BCUT2D eigenvalue weighted by atomic mass is 19.2. The molecule has 0 radical (unpaired) electrons. The Morgan fingerprint density at radius 2 is 0.926 bits per heavy atom. The molecule has 0 saturated heterocycles. The maximum Gasteiger partial charge on any atom is 0.519 e. The molecule has 0 aliphatic rings. The molecule has 27 heavy (non-hydrogen) atoms. The van der Waals surface area contributed by atoms with Gasteiger partial charge >= 0.3 is 6.16 Å². The fourth-order valence-electron chi connectivity index (χ4n) is 1.92. The zero-order valence-electron chi connectivity index (χ0n) is 12.8. The molecule has 0 atom stereocenters. The molecule has 2 aromatic carbocycles. The molecule has 0 fully saturated rings. The van der Waals surface area contributed by atoms with Crippen LogP contribution in [-0.4, -0.2) is 6.16 Å². The topological polar surface area (TPSA) is 35.5 Å². The fourth-order valence-corrected chi connectivity index (χ4v) is 1.92. The summed E-state index contributed by atoms with van der Waals surface area (Å²) in [7, 11) is 0. The average Bonchev–Trinajstić information content (AvgIpc) is 2.64. The highest BCUT2D eigenvalue weighted by Crippen LogP contribution is 2.32. The molecule has 2 rings (SSSR count). The molecule has 0 bridgehead atoms. The number of hydrogen-bond acceptors (Lipinski definition) is 3. The van der Waals surface area contributed by atoms with Crippen LogP contribution >= 0.6 is 0 Å². The summed E-state index contributed by atoms with van der Waals surface area (Å²) in [4.78, 5) is 11.4. The summed E-state index contributed by atoms with van der Waals surface area (Å²) in [5.41, 5.74) is -1.03. The maximum atomic E-state index is 13.9. The van der Waals surface area contributed by atoms with Crippen LogP contribution in [0.15, 0.2) is 0 Å². The Labute approximate surface area is 143 Å². The predicted molar refractivity (Wildman–Crippen MR) is 68.5 cm³/mol. The minimum absolute atomic E-state index is 0.516. The predicted octanol–water partition coefficient (Wildman–Crippen LogP) is 5.08. The molecule has 0 heterocycles. The van der Waals surface area contributed by atoms with Crippen molar-refractivity contribution in [1.29, 1.82) is 0 Å². The zero-order chi connectivity index (χ0) is 20.6. The normalized spacial score (nSPS) is 10.9. The second kappa shape index (κ2) is 7.37. The van der Waals surface area contributed by atoms with Crippen molar-refractivity contribution in [3.63, 3.8) is 0 Å². The summed E-state index contributed by atoms with van der Waals surface area (Å²) in [6.07, 6.45) is -2.90. The van der Waals surface area contributed by atoms with Crippen LogP contribution < -0.4 is 9.47 Å². The summed E-state index contributed by atoms with van der Waals surface area (Å²) in [5.74, 6) is -25.0. The number of carbonyl (C=O) groups is 1. The first-order valence-electron chi connectivity index (χ1n) is 6.78. The van der Waals surface area contributed by atoms with Gasteiger partial charge in [0, 0.05) is 5.56 Å². The van der Waals surface area contributed by atoms with E-state index in [4.69, 9.17) is 0 Å². The third kappa shape index (κ3) is 3.38. The third-order valence-electron chi connectivity index (χ3n) is 3.21. The van der Waals surface area contributed by atoms with E-state index in [1.165, 1.54) is 0 Å². The Morgan fingerprint density at radius 3 is 1.33 bits per heavy atom. The molecule has 0 aromatic heterocycles. The van der Waals surface area contributed by atoms with Gasteiger partial charge in [0.1, 0.15) is 0 Å². The number of rotatable bonds is 3. The van der Waals surface area contributed by atoms with E-state index in [-0.39, 0.29) is 0 Å². The quantitative estimate of drug-likeness (QED) is 0.235. The molecule has 0 saturated carbocycles. The molecule has 0 aliphatic heterocycles. The minimum atomic E-state index is -2.56. The van der Waals surface area contributed by atoms with E-state index < -0.39 is 82.0 Å². The lowest BCUT2D eigenvalue weighted by Crippen LogP contribution is -2.19. The van der Waals surface area contributed by atoms with Crippen molar-refractivity contribution >= 4 is 6.16 Å². The van der Waals surface area contributed by atoms with Crippen molar-refractivity contribution in [2.24, 2.45) is 0 Å². The van der Waals surface area contributed by atoms with Gasteiger partial charge < -0.3 is 9.47 Å². The van der Waals surface area contributed by atoms with Gasteiger partial charge in [-0.05, 0) is 6.42 Å². The van der Waals surface area contributed by atoms with Crippen LogP contribution in [0.3, 0.4) is 0 Å². The Balaban J connectivity index is 2.43. The van der Waals surface area contributed by atoms with Crippen LogP contribution in [0.5, 0.6) is 11.5 Å². The van der Waals surface area contributed by atoms with Gasteiger partial charge in [0.05, 0.1) is 0 Å². The fraction of sp³-hybridized carbons (Fsp3) is 0.133. The number of hydrogen-bond donors (Lipinski definition) is 0. The zero-order valence-corrected chi connectivity index (χ0v) is 12.8. The van der Waals surface area contributed by atoms with Crippen molar-refractivity contribution < 1.29 is 53.8 Å². The summed E-state index contributed by atoms with van der Waals surface area (Å²) in [5, 5.41) is 0. The first kappa shape index (κ1) is 20.4. The van der Waals surface area contributed by atoms with Crippen LogP contribution in [0.1, 0.15) is 12.5 Å². The highest BCUT2D eigenvalue weighted by molar-refractivity contribution is 5.67. The van der Waals surface area contributed by atoms with Crippen LogP contribution in [-0.2, 0) is 6.42 Å². The molecule has 146 valence electrons. The van der Waals surface area contributed by atoms with Crippen molar-refractivity contribution in [2.45, 2.75) is 13.3 Å². The Bertz CT molecular complexity index is 914. The lowest BCUT2D eigenvalue weighted by atomic mass is 10.1. The molecule has 0 spiro atoms. The molecule has 0 N–H and O–H groups in total. The lowest BCUT2D eigenvalue weighted by molar-refractivity contribution is 0.141. The number of carbonyl (C=O) groups excluding carboxylic acids is 1. The second-order valence-corrected chi connectivity index (χ2v) is 4.77. The number of ether oxygens (including phenoxy) is 2. The minimum Gasteiger partial charge on any atom is -0.388 e. The summed E-state index contributed by atoms with van der Waals surface area (Å²) in [6, 6.07) is 0. The SMILES string of the molecule is CCc1c(F)c(F)c(F)c(OC(=O)Oc2c(F)c(F)c(F)c(F)c2F)c1F. The van der Waals surface area contributed by atoms with Gasteiger partial charge in [0.15, 0.2) is 17.5 Å².